The Labute approximate surface area is 197 Å². The van der Waals surface area contributed by atoms with Crippen molar-refractivity contribution in [1.82, 2.24) is 5.32 Å². The van der Waals surface area contributed by atoms with Gasteiger partial charge in [0, 0.05) is 12.2 Å². The molecule has 0 atom stereocenters. The standard InChI is InChI=1S/C24H23ClN2O5S/c1-15-3-5-18(11-16(15)2)27-33(29,30)19-6-7-21(25)20(13-19)24(28)26-14-17-4-8-22-23(12-17)32-10-9-31-22/h3-8,11-13,27H,9-10,14H2,1-2H3,(H,26,28). The Bertz CT molecular complexity index is 1320. The van der Waals surface area contributed by atoms with E-state index in [0.29, 0.717) is 30.4 Å². The van der Waals surface area contributed by atoms with E-state index < -0.39 is 15.9 Å². The van der Waals surface area contributed by atoms with Gasteiger partial charge in [0.25, 0.3) is 15.9 Å². The van der Waals surface area contributed by atoms with Gasteiger partial charge in [0.15, 0.2) is 11.5 Å². The van der Waals surface area contributed by atoms with Crippen LogP contribution in [0.3, 0.4) is 0 Å². The lowest BCUT2D eigenvalue weighted by Crippen LogP contribution is -2.24. The number of carbonyl (C=O) groups excluding carboxylic acids is 1. The molecular formula is C24H23ClN2O5S. The number of aryl methyl sites for hydroxylation is 2. The van der Waals surface area contributed by atoms with Gasteiger partial charge in [-0.05, 0) is 73.0 Å². The molecule has 4 rings (SSSR count). The first-order valence-electron chi connectivity index (χ1n) is 10.3. The molecule has 33 heavy (non-hydrogen) atoms. The number of benzene rings is 3. The number of carbonyl (C=O) groups is 1. The Morgan fingerprint density at radius 3 is 2.45 bits per heavy atom. The van der Waals surface area contributed by atoms with Gasteiger partial charge >= 0.3 is 0 Å². The molecule has 172 valence electrons. The van der Waals surface area contributed by atoms with E-state index in [1.54, 1.807) is 24.3 Å². The fourth-order valence-corrected chi connectivity index (χ4v) is 4.62. The van der Waals surface area contributed by atoms with Crippen molar-refractivity contribution in [2.45, 2.75) is 25.3 Å². The fraction of sp³-hybridized carbons (Fsp3) is 0.208. The minimum absolute atomic E-state index is 0.0605. The van der Waals surface area contributed by atoms with Crippen LogP contribution in [0.15, 0.2) is 59.5 Å². The Morgan fingerprint density at radius 2 is 1.70 bits per heavy atom. The first-order chi connectivity index (χ1) is 15.7. The monoisotopic (exact) mass is 486 g/mol. The van der Waals surface area contributed by atoms with Crippen LogP contribution in [0.4, 0.5) is 5.69 Å². The number of fused-ring (bicyclic) bond motifs is 1. The third kappa shape index (κ3) is 5.23. The van der Waals surface area contributed by atoms with E-state index >= 15 is 0 Å². The largest absolute Gasteiger partial charge is 0.486 e. The molecule has 7 nitrogen and oxygen atoms in total. The lowest BCUT2D eigenvalue weighted by Gasteiger charge is -2.19. The van der Waals surface area contributed by atoms with Crippen LogP contribution in [0.1, 0.15) is 27.0 Å². The molecule has 0 unspecified atom stereocenters. The topological polar surface area (TPSA) is 93.7 Å². The van der Waals surface area contributed by atoms with Crippen LogP contribution in [-0.2, 0) is 16.6 Å². The van der Waals surface area contributed by atoms with E-state index in [1.165, 1.54) is 18.2 Å². The maximum Gasteiger partial charge on any atom is 0.261 e. The second kappa shape index (κ2) is 9.33. The molecule has 0 spiro atoms. The van der Waals surface area contributed by atoms with E-state index in [4.69, 9.17) is 21.1 Å². The van der Waals surface area contributed by atoms with E-state index in [1.807, 2.05) is 26.0 Å². The summed E-state index contributed by atoms with van der Waals surface area (Å²) in [6.07, 6.45) is 0. The van der Waals surface area contributed by atoms with Crippen LogP contribution in [0, 0.1) is 13.8 Å². The molecule has 3 aromatic carbocycles. The highest BCUT2D eigenvalue weighted by Gasteiger charge is 2.20. The molecule has 1 aliphatic rings. The normalized spacial score (nSPS) is 12.8. The number of sulfonamides is 1. The highest BCUT2D eigenvalue weighted by molar-refractivity contribution is 7.92. The summed E-state index contributed by atoms with van der Waals surface area (Å²) in [5.41, 5.74) is 3.34. The number of anilines is 1. The average Bonchev–Trinajstić information content (AvgIpc) is 2.79. The molecule has 0 radical (unpaired) electrons. The zero-order valence-electron chi connectivity index (χ0n) is 18.1. The second-order valence-corrected chi connectivity index (χ2v) is 9.80. The minimum atomic E-state index is -3.91. The quantitative estimate of drug-likeness (QED) is 0.536. The number of hydrogen-bond donors (Lipinski definition) is 2. The average molecular weight is 487 g/mol. The van der Waals surface area contributed by atoms with Gasteiger partial charge in [0.2, 0.25) is 0 Å². The molecule has 0 aliphatic carbocycles. The van der Waals surface area contributed by atoms with Crippen molar-refractivity contribution in [1.29, 1.82) is 0 Å². The molecule has 0 bridgehead atoms. The Hall–Kier alpha value is -3.23. The van der Waals surface area contributed by atoms with E-state index in [2.05, 4.69) is 10.0 Å². The Kier molecular flexibility index (Phi) is 6.49. The number of amides is 1. The number of nitrogens with one attached hydrogen (secondary N) is 2. The molecule has 1 heterocycles. The molecule has 1 amide bonds. The zero-order chi connectivity index (χ0) is 23.6. The lowest BCUT2D eigenvalue weighted by atomic mass is 10.1. The Morgan fingerprint density at radius 1 is 0.939 bits per heavy atom. The Balaban J connectivity index is 1.50. The third-order valence-corrected chi connectivity index (χ3v) is 7.02. The number of rotatable bonds is 6. The van der Waals surface area contributed by atoms with Crippen LogP contribution in [0.25, 0.3) is 0 Å². The van der Waals surface area contributed by atoms with E-state index in [9.17, 15) is 13.2 Å². The van der Waals surface area contributed by atoms with E-state index in [0.717, 1.165) is 16.7 Å². The van der Waals surface area contributed by atoms with Crippen molar-refractivity contribution in [3.05, 3.63) is 81.9 Å². The van der Waals surface area contributed by atoms with Gasteiger partial charge in [-0.1, -0.05) is 23.7 Å². The number of halogens is 1. The molecular weight excluding hydrogens is 464 g/mol. The lowest BCUT2D eigenvalue weighted by molar-refractivity contribution is 0.0950. The van der Waals surface area contributed by atoms with Gasteiger partial charge in [0.1, 0.15) is 13.2 Å². The summed E-state index contributed by atoms with van der Waals surface area (Å²) in [6.45, 7) is 5.03. The SMILES string of the molecule is Cc1ccc(NS(=O)(=O)c2ccc(Cl)c(C(=O)NCc3ccc4c(c3)OCCO4)c2)cc1C. The summed E-state index contributed by atoms with van der Waals surface area (Å²) in [5.74, 6) is 0.795. The molecule has 2 N–H and O–H groups in total. The van der Waals surface area contributed by atoms with Crippen LogP contribution < -0.4 is 19.5 Å². The van der Waals surface area contributed by atoms with Gasteiger partial charge < -0.3 is 14.8 Å². The van der Waals surface area contributed by atoms with Crippen molar-refractivity contribution in [3.63, 3.8) is 0 Å². The third-order valence-electron chi connectivity index (χ3n) is 5.31. The highest BCUT2D eigenvalue weighted by Crippen LogP contribution is 2.31. The molecule has 0 saturated carbocycles. The zero-order valence-corrected chi connectivity index (χ0v) is 19.7. The van der Waals surface area contributed by atoms with Gasteiger partial charge in [0.05, 0.1) is 15.5 Å². The van der Waals surface area contributed by atoms with Crippen molar-refractivity contribution < 1.29 is 22.7 Å². The molecule has 0 saturated heterocycles. The van der Waals surface area contributed by atoms with Gasteiger partial charge in [-0.25, -0.2) is 8.42 Å². The summed E-state index contributed by atoms with van der Waals surface area (Å²) in [6, 6.07) is 14.7. The van der Waals surface area contributed by atoms with Gasteiger partial charge in [-0.3, -0.25) is 9.52 Å². The summed E-state index contributed by atoms with van der Waals surface area (Å²) >= 11 is 6.20. The maximum absolute atomic E-state index is 12.9. The molecule has 0 aromatic heterocycles. The summed E-state index contributed by atoms with van der Waals surface area (Å²) in [4.78, 5) is 12.7. The molecule has 0 fully saturated rings. The van der Waals surface area contributed by atoms with Crippen LogP contribution in [-0.4, -0.2) is 27.5 Å². The summed E-state index contributed by atoms with van der Waals surface area (Å²) in [5, 5.41) is 2.92. The maximum atomic E-state index is 12.9. The predicted molar refractivity (Wildman–Crippen MR) is 127 cm³/mol. The van der Waals surface area contributed by atoms with Crippen LogP contribution in [0.5, 0.6) is 11.5 Å². The fourth-order valence-electron chi connectivity index (χ4n) is 3.34. The smallest absolute Gasteiger partial charge is 0.261 e. The molecule has 9 heteroatoms. The van der Waals surface area contributed by atoms with Crippen molar-refractivity contribution >= 4 is 33.2 Å². The predicted octanol–water partition coefficient (Wildman–Crippen LogP) is 4.46. The minimum Gasteiger partial charge on any atom is -0.486 e. The van der Waals surface area contributed by atoms with Gasteiger partial charge in [-0.2, -0.15) is 0 Å². The summed E-state index contributed by atoms with van der Waals surface area (Å²) < 4.78 is 39.4. The first-order valence-corrected chi connectivity index (χ1v) is 12.2. The molecule has 1 aliphatic heterocycles. The van der Waals surface area contributed by atoms with Crippen molar-refractivity contribution in [2.24, 2.45) is 0 Å². The second-order valence-electron chi connectivity index (χ2n) is 7.71. The van der Waals surface area contributed by atoms with Crippen LogP contribution >= 0.6 is 11.6 Å². The summed E-state index contributed by atoms with van der Waals surface area (Å²) in [7, 11) is -3.91. The van der Waals surface area contributed by atoms with E-state index in [-0.39, 0.29) is 22.0 Å². The highest BCUT2D eigenvalue weighted by atomic mass is 35.5. The van der Waals surface area contributed by atoms with Crippen LogP contribution in [0.2, 0.25) is 5.02 Å². The first kappa shape index (κ1) is 22.9. The molecule has 3 aromatic rings. The van der Waals surface area contributed by atoms with Gasteiger partial charge in [-0.15, -0.1) is 0 Å². The number of hydrogen-bond acceptors (Lipinski definition) is 5. The number of ether oxygens (including phenoxy) is 2. The van der Waals surface area contributed by atoms with Crippen molar-refractivity contribution in [3.8, 4) is 11.5 Å². The van der Waals surface area contributed by atoms with Crippen molar-refractivity contribution in [2.75, 3.05) is 17.9 Å².